The van der Waals surface area contributed by atoms with Crippen molar-refractivity contribution in [2.24, 2.45) is 0 Å². The van der Waals surface area contributed by atoms with Crippen LogP contribution in [0, 0.1) is 0 Å². The molecule has 17 heavy (non-hydrogen) atoms. The Morgan fingerprint density at radius 2 is 1.24 bits per heavy atom. The Balaban J connectivity index is 2.25. The van der Waals surface area contributed by atoms with Gasteiger partial charge in [-0.1, -0.05) is 60.7 Å². The first kappa shape index (κ1) is 11.8. The molecule has 2 atom stereocenters. The molecule has 2 aromatic carbocycles. The molecular weight excluding hydrogens is 212 g/mol. The van der Waals surface area contributed by atoms with E-state index in [1.54, 1.807) is 0 Å². The van der Waals surface area contributed by atoms with Crippen LogP contribution in [0.3, 0.4) is 0 Å². The van der Waals surface area contributed by atoms with Gasteiger partial charge in [-0.05, 0) is 11.1 Å². The number of rotatable bonds is 4. The Hall–Kier alpha value is -1.64. The Labute approximate surface area is 101 Å². The maximum atomic E-state index is 10.3. The van der Waals surface area contributed by atoms with Crippen LogP contribution in [-0.2, 0) is 0 Å². The van der Waals surface area contributed by atoms with Gasteiger partial charge in [0.1, 0.15) is 0 Å². The summed E-state index contributed by atoms with van der Waals surface area (Å²) in [5.41, 5.74) is 1.78. The SMILES string of the molecule is OC[C@H](c1ccccc1)[C@H](O)c1ccccc1. The van der Waals surface area contributed by atoms with Gasteiger partial charge < -0.3 is 10.2 Å². The highest BCUT2D eigenvalue weighted by atomic mass is 16.3. The molecule has 88 valence electrons. The van der Waals surface area contributed by atoms with E-state index >= 15 is 0 Å². The van der Waals surface area contributed by atoms with E-state index in [9.17, 15) is 10.2 Å². The van der Waals surface area contributed by atoms with Gasteiger partial charge in [-0.15, -0.1) is 0 Å². The van der Waals surface area contributed by atoms with E-state index in [0.29, 0.717) is 0 Å². The first-order valence-electron chi connectivity index (χ1n) is 5.71. The second-order valence-electron chi connectivity index (χ2n) is 4.06. The van der Waals surface area contributed by atoms with Gasteiger partial charge >= 0.3 is 0 Å². The van der Waals surface area contributed by atoms with Crippen molar-refractivity contribution in [1.29, 1.82) is 0 Å². The third-order valence-electron chi connectivity index (χ3n) is 2.95. The van der Waals surface area contributed by atoms with Crippen LogP contribution >= 0.6 is 0 Å². The molecule has 2 heteroatoms. The fourth-order valence-corrected chi connectivity index (χ4v) is 1.97. The molecule has 0 spiro atoms. The molecule has 0 radical (unpaired) electrons. The van der Waals surface area contributed by atoms with E-state index in [1.165, 1.54) is 0 Å². The summed E-state index contributed by atoms with van der Waals surface area (Å²) < 4.78 is 0. The summed E-state index contributed by atoms with van der Waals surface area (Å²) in [4.78, 5) is 0. The minimum absolute atomic E-state index is 0.0694. The molecule has 2 N–H and O–H groups in total. The van der Waals surface area contributed by atoms with Crippen molar-refractivity contribution < 1.29 is 10.2 Å². The Bertz CT molecular complexity index is 439. The number of aliphatic hydroxyl groups is 2. The predicted octanol–water partition coefficient (Wildman–Crippen LogP) is 2.50. The molecule has 0 aliphatic rings. The van der Waals surface area contributed by atoms with E-state index in [-0.39, 0.29) is 12.5 Å². The molecule has 0 saturated carbocycles. The van der Waals surface area contributed by atoms with E-state index in [4.69, 9.17) is 0 Å². The largest absolute Gasteiger partial charge is 0.396 e. The lowest BCUT2D eigenvalue weighted by atomic mass is 9.90. The van der Waals surface area contributed by atoms with E-state index in [2.05, 4.69) is 0 Å². The smallest absolute Gasteiger partial charge is 0.0880 e. The van der Waals surface area contributed by atoms with Crippen LogP contribution in [-0.4, -0.2) is 16.8 Å². The minimum Gasteiger partial charge on any atom is -0.396 e. The third-order valence-corrected chi connectivity index (χ3v) is 2.95. The third kappa shape index (κ3) is 2.73. The number of aliphatic hydroxyl groups excluding tert-OH is 2. The monoisotopic (exact) mass is 228 g/mol. The van der Waals surface area contributed by atoms with Gasteiger partial charge in [-0.25, -0.2) is 0 Å². The fraction of sp³-hybridized carbons (Fsp3) is 0.200. The summed E-state index contributed by atoms with van der Waals surface area (Å²) in [5, 5.41) is 19.7. The molecule has 0 saturated heterocycles. The summed E-state index contributed by atoms with van der Waals surface area (Å²) >= 11 is 0. The summed E-state index contributed by atoms with van der Waals surface area (Å²) in [5.74, 6) is -0.279. The van der Waals surface area contributed by atoms with E-state index in [0.717, 1.165) is 11.1 Å². The lowest BCUT2D eigenvalue weighted by Gasteiger charge is -2.21. The second kappa shape index (κ2) is 5.62. The topological polar surface area (TPSA) is 40.5 Å². The molecule has 0 aliphatic carbocycles. The van der Waals surface area contributed by atoms with Crippen LogP contribution in [0.4, 0.5) is 0 Å². The number of hydrogen-bond donors (Lipinski definition) is 2. The zero-order valence-corrected chi connectivity index (χ0v) is 9.53. The Morgan fingerprint density at radius 3 is 1.71 bits per heavy atom. The highest BCUT2D eigenvalue weighted by molar-refractivity contribution is 5.26. The maximum absolute atomic E-state index is 10.3. The van der Waals surface area contributed by atoms with Gasteiger partial charge in [0.15, 0.2) is 0 Å². The van der Waals surface area contributed by atoms with Gasteiger partial charge in [0.25, 0.3) is 0 Å². The maximum Gasteiger partial charge on any atom is 0.0880 e. The van der Waals surface area contributed by atoms with Crippen molar-refractivity contribution in [1.82, 2.24) is 0 Å². The molecule has 0 bridgehead atoms. The van der Waals surface area contributed by atoms with E-state index in [1.807, 2.05) is 60.7 Å². The van der Waals surface area contributed by atoms with Crippen molar-refractivity contribution >= 4 is 0 Å². The zero-order valence-electron chi connectivity index (χ0n) is 9.53. The van der Waals surface area contributed by atoms with Gasteiger partial charge in [-0.3, -0.25) is 0 Å². The predicted molar refractivity (Wildman–Crippen MR) is 67.7 cm³/mol. The average molecular weight is 228 g/mol. The van der Waals surface area contributed by atoms with Crippen LogP contribution in [0.5, 0.6) is 0 Å². The molecule has 0 unspecified atom stereocenters. The van der Waals surface area contributed by atoms with Crippen molar-refractivity contribution in [2.45, 2.75) is 12.0 Å². The lowest BCUT2D eigenvalue weighted by molar-refractivity contribution is 0.107. The van der Waals surface area contributed by atoms with Crippen LogP contribution in [0.2, 0.25) is 0 Å². The molecule has 0 heterocycles. The summed E-state index contributed by atoms with van der Waals surface area (Å²) in [6.07, 6.45) is -0.677. The van der Waals surface area contributed by atoms with Crippen molar-refractivity contribution in [2.75, 3.05) is 6.61 Å². The van der Waals surface area contributed by atoms with Gasteiger partial charge in [0.2, 0.25) is 0 Å². The van der Waals surface area contributed by atoms with Crippen molar-refractivity contribution in [3.05, 3.63) is 71.8 Å². The Kier molecular flexibility index (Phi) is 3.91. The van der Waals surface area contributed by atoms with Gasteiger partial charge in [0.05, 0.1) is 12.7 Å². The molecule has 0 fully saturated rings. The molecule has 2 rings (SSSR count). The Morgan fingerprint density at radius 1 is 0.765 bits per heavy atom. The zero-order chi connectivity index (χ0) is 12.1. The van der Waals surface area contributed by atoms with Gasteiger partial charge in [-0.2, -0.15) is 0 Å². The summed E-state index contributed by atoms with van der Waals surface area (Å²) in [7, 11) is 0. The van der Waals surface area contributed by atoms with E-state index < -0.39 is 6.10 Å². The first-order chi connectivity index (χ1) is 8.33. The normalized spacial score (nSPS) is 14.2. The minimum atomic E-state index is -0.677. The summed E-state index contributed by atoms with van der Waals surface area (Å²) in [6.45, 7) is -0.0694. The highest BCUT2D eigenvalue weighted by Gasteiger charge is 2.21. The van der Waals surface area contributed by atoms with Crippen LogP contribution in [0.15, 0.2) is 60.7 Å². The highest BCUT2D eigenvalue weighted by Crippen LogP contribution is 2.30. The number of hydrogen-bond acceptors (Lipinski definition) is 2. The quantitative estimate of drug-likeness (QED) is 0.844. The number of benzene rings is 2. The molecule has 0 amide bonds. The van der Waals surface area contributed by atoms with Crippen LogP contribution < -0.4 is 0 Å². The standard InChI is InChI=1S/C15H16O2/c16-11-14(12-7-3-1-4-8-12)15(17)13-9-5-2-6-10-13/h1-10,14-17H,11H2/t14-,15-/m1/s1. The second-order valence-corrected chi connectivity index (χ2v) is 4.06. The van der Waals surface area contributed by atoms with Crippen LogP contribution in [0.1, 0.15) is 23.1 Å². The molecule has 2 nitrogen and oxygen atoms in total. The lowest BCUT2D eigenvalue weighted by Crippen LogP contribution is -2.14. The average Bonchev–Trinajstić information content (AvgIpc) is 2.42. The van der Waals surface area contributed by atoms with Crippen molar-refractivity contribution in [3.63, 3.8) is 0 Å². The molecule has 2 aromatic rings. The fourth-order valence-electron chi connectivity index (χ4n) is 1.97. The molecular formula is C15H16O2. The van der Waals surface area contributed by atoms with Crippen LogP contribution in [0.25, 0.3) is 0 Å². The molecule has 0 aliphatic heterocycles. The van der Waals surface area contributed by atoms with Crippen molar-refractivity contribution in [3.8, 4) is 0 Å². The summed E-state index contributed by atoms with van der Waals surface area (Å²) in [6, 6.07) is 19.0. The molecule has 0 aromatic heterocycles. The van der Waals surface area contributed by atoms with Gasteiger partial charge in [0, 0.05) is 5.92 Å². The first-order valence-corrected chi connectivity index (χ1v) is 5.71.